The second-order valence-electron chi connectivity index (χ2n) is 7.50. The number of hydrogen-bond donors (Lipinski definition) is 2. The topological polar surface area (TPSA) is 55.1 Å². The number of nitrogens with one attached hydrogen (secondary N) is 1. The second-order valence-corrected chi connectivity index (χ2v) is 7.50. The Hall–Kier alpha value is -0.570. The van der Waals surface area contributed by atoms with E-state index in [1.165, 1.54) is 44.9 Å². The summed E-state index contributed by atoms with van der Waals surface area (Å²) in [6, 6.07) is 0. The Kier molecular flexibility index (Phi) is 7.01. The van der Waals surface area contributed by atoms with Gasteiger partial charge >= 0.3 is 0 Å². The monoisotopic (exact) mass is 282 g/mol. The van der Waals surface area contributed by atoms with Gasteiger partial charge in [-0.15, -0.1) is 0 Å². The smallest absolute Gasteiger partial charge is 0.221 e. The molecule has 1 fully saturated rings. The van der Waals surface area contributed by atoms with E-state index in [0.717, 1.165) is 19.4 Å². The van der Waals surface area contributed by atoms with Crippen molar-refractivity contribution in [3.63, 3.8) is 0 Å². The van der Waals surface area contributed by atoms with Crippen molar-refractivity contribution in [1.82, 2.24) is 5.32 Å². The van der Waals surface area contributed by atoms with Gasteiger partial charge < -0.3 is 11.1 Å². The summed E-state index contributed by atoms with van der Waals surface area (Å²) in [5.41, 5.74) is 6.29. The molecule has 3 N–H and O–H groups in total. The van der Waals surface area contributed by atoms with Crippen LogP contribution in [0.5, 0.6) is 0 Å². The van der Waals surface area contributed by atoms with Crippen LogP contribution in [0, 0.1) is 5.41 Å². The first-order chi connectivity index (χ1) is 9.37. The van der Waals surface area contributed by atoms with Gasteiger partial charge in [0, 0.05) is 18.5 Å². The largest absolute Gasteiger partial charge is 0.356 e. The number of hydrogen-bond acceptors (Lipinski definition) is 2. The normalized spacial score (nSPS) is 18.8. The first-order valence-corrected chi connectivity index (χ1v) is 8.42. The zero-order valence-electron chi connectivity index (χ0n) is 13.8. The summed E-state index contributed by atoms with van der Waals surface area (Å²) in [4.78, 5) is 12.1. The number of carbonyl (C=O) groups excluding carboxylic acids is 1. The van der Waals surface area contributed by atoms with Crippen molar-refractivity contribution in [2.45, 2.75) is 90.5 Å². The van der Waals surface area contributed by atoms with Crippen molar-refractivity contribution < 1.29 is 4.79 Å². The summed E-state index contributed by atoms with van der Waals surface area (Å²) in [7, 11) is 0. The van der Waals surface area contributed by atoms with Crippen molar-refractivity contribution in [3.05, 3.63) is 0 Å². The number of unbranched alkanes of at least 4 members (excludes halogenated alkanes) is 2. The lowest BCUT2D eigenvalue weighted by molar-refractivity contribution is -0.123. The number of rotatable bonds is 8. The molecule has 0 heterocycles. The van der Waals surface area contributed by atoms with E-state index in [4.69, 9.17) is 5.73 Å². The summed E-state index contributed by atoms with van der Waals surface area (Å²) in [5.74, 6) is 0.137. The third-order valence-electron chi connectivity index (χ3n) is 4.58. The Balaban J connectivity index is 2.27. The molecule has 0 aromatic heterocycles. The van der Waals surface area contributed by atoms with E-state index in [2.05, 4.69) is 26.1 Å². The first kappa shape index (κ1) is 17.5. The molecule has 118 valence electrons. The van der Waals surface area contributed by atoms with E-state index in [-0.39, 0.29) is 16.9 Å². The van der Waals surface area contributed by atoms with E-state index < -0.39 is 0 Å². The van der Waals surface area contributed by atoms with Crippen LogP contribution in [0.4, 0.5) is 0 Å². The van der Waals surface area contributed by atoms with Crippen LogP contribution in [0.1, 0.15) is 85.0 Å². The fraction of sp³-hybridized carbons (Fsp3) is 0.941. The molecule has 0 bridgehead atoms. The van der Waals surface area contributed by atoms with Crippen LogP contribution in [0.15, 0.2) is 0 Å². The molecule has 20 heavy (non-hydrogen) atoms. The highest BCUT2D eigenvalue weighted by molar-refractivity contribution is 5.77. The van der Waals surface area contributed by atoms with Crippen LogP contribution in [0.25, 0.3) is 0 Å². The summed E-state index contributed by atoms with van der Waals surface area (Å²) >= 11 is 0. The maximum atomic E-state index is 12.1. The quantitative estimate of drug-likeness (QED) is 0.666. The van der Waals surface area contributed by atoms with Crippen LogP contribution in [0.2, 0.25) is 0 Å². The van der Waals surface area contributed by atoms with Gasteiger partial charge in [0.15, 0.2) is 0 Å². The molecule has 3 nitrogen and oxygen atoms in total. The molecule has 3 heteroatoms. The number of amides is 1. The minimum Gasteiger partial charge on any atom is -0.356 e. The third kappa shape index (κ3) is 6.74. The zero-order chi connectivity index (χ0) is 15.1. The molecule has 0 radical (unpaired) electrons. The minimum atomic E-state index is -0.241. The van der Waals surface area contributed by atoms with Crippen LogP contribution in [0.3, 0.4) is 0 Å². The molecule has 1 aliphatic carbocycles. The molecule has 0 aliphatic heterocycles. The van der Waals surface area contributed by atoms with Gasteiger partial charge in [-0.1, -0.05) is 59.3 Å². The molecule has 0 saturated heterocycles. The highest BCUT2D eigenvalue weighted by Crippen LogP contribution is 2.29. The zero-order valence-corrected chi connectivity index (χ0v) is 13.8. The minimum absolute atomic E-state index is 0.137. The molecule has 0 unspecified atom stereocenters. The van der Waals surface area contributed by atoms with Crippen molar-refractivity contribution >= 4 is 5.91 Å². The van der Waals surface area contributed by atoms with Crippen molar-refractivity contribution in [2.24, 2.45) is 11.1 Å². The molecule has 0 spiro atoms. The Labute approximate surface area is 125 Å². The Morgan fingerprint density at radius 3 is 2.45 bits per heavy atom. The summed E-state index contributed by atoms with van der Waals surface area (Å²) in [5, 5.41) is 3.10. The summed E-state index contributed by atoms with van der Waals surface area (Å²) in [6.07, 6.45) is 11.1. The Morgan fingerprint density at radius 1 is 1.20 bits per heavy atom. The van der Waals surface area contributed by atoms with Crippen molar-refractivity contribution in [3.8, 4) is 0 Å². The Morgan fingerprint density at radius 2 is 1.85 bits per heavy atom. The standard InChI is InChI=1S/C17H34N2O/c1-4-5-7-10-16(2,3)14-19-15(20)13-17(18)11-8-6-9-12-17/h4-14,18H2,1-3H3,(H,19,20). The molecule has 1 amide bonds. The fourth-order valence-corrected chi connectivity index (χ4v) is 3.09. The summed E-state index contributed by atoms with van der Waals surface area (Å²) in [6.45, 7) is 7.47. The van der Waals surface area contributed by atoms with E-state index in [1.54, 1.807) is 0 Å². The molecule has 0 aromatic carbocycles. The van der Waals surface area contributed by atoms with Crippen molar-refractivity contribution in [2.75, 3.05) is 6.54 Å². The molecule has 1 aliphatic rings. The van der Waals surface area contributed by atoms with Gasteiger partial charge in [0.05, 0.1) is 0 Å². The lowest BCUT2D eigenvalue weighted by Gasteiger charge is -2.33. The average molecular weight is 282 g/mol. The number of nitrogens with two attached hydrogens (primary N) is 1. The molecule has 0 atom stereocenters. The highest BCUT2D eigenvalue weighted by atomic mass is 16.1. The maximum absolute atomic E-state index is 12.1. The predicted octanol–water partition coefficient (Wildman–Crippen LogP) is 3.76. The molecular weight excluding hydrogens is 248 g/mol. The van der Waals surface area contributed by atoms with Crippen LogP contribution in [-0.4, -0.2) is 18.0 Å². The van der Waals surface area contributed by atoms with Gasteiger partial charge in [0.2, 0.25) is 5.91 Å². The van der Waals surface area contributed by atoms with Gasteiger partial charge in [-0.3, -0.25) is 4.79 Å². The van der Waals surface area contributed by atoms with Gasteiger partial charge in [0.25, 0.3) is 0 Å². The van der Waals surface area contributed by atoms with Crippen LogP contribution < -0.4 is 11.1 Å². The average Bonchev–Trinajstić information content (AvgIpc) is 2.37. The van der Waals surface area contributed by atoms with Gasteiger partial charge in [-0.2, -0.15) is 0 Å². The second kappa shape index (κ2) is 8.02. The predicted molar refractivity (Wildman–Crippen MR) is 85.6 cm³/mol. The van der Waals surface area contributed by atoms with Gasteiger partial charge in [0.1, 0.15) is 0 Å². The van der Waals surface area contributed by atoms with Crippen LogP contribution >= 0.6 is 0 Å². The third-order valence-corrected chi connectivity index (χ3v) is 4.58. The van der Waals surface area contributed by atoms with Crippen LogP contribution in [-0.2, 0) is 4.79 Å². The lowest BCUT2D eigenvalue weighted by atomic mass is 9.80. The van der Waals surface area contributed by atoms with Crippen molar-refractivity contribution in [1.29, 1.82) is 0 Å². The van der Waals surface area contributed by atoms with E-state index >= 15 is 0 Å². The molecular formula is C17H34N2O. The van der Waals surface area contributed by atoms with E-state index in [0.29, 0.717) is 6.42 Å². The van der Waals surface area contributed by atoms with E-state index in [1.807, 2.05) is 0 Å². The van der Waals surface area contributed by atoms with E-state index in [9.17, 15) is 4.79 Å². The SMILES string of the molecule is CCCCCC(C)(C)CNC(=O)CC1(N)CCCCC1. The molecule has 1 rings (SSSR count). The summed E-state index contributed by atoms with van der Waals surface area (Å²) < 4.78 is 0. The Bertz CT molecular complexity index is 293. The molecule has 0 aromatic rings. The molecule has 1 saturated carbocycles. The fourth-order valence-electron chi connectivity index (χ4n) is 3.09. The van der Waals surface area contributed by atoms with Gasteiger partial charge in [-0.25, -0.2) is 0 Å². The maximum Gasteiger partial charge on any atom is 0.221 e. The highest BCUT2D eigenvalue weighted by Gasteiger charge is 2.30. The van der Waals surface area contributed by atoms with Gasteiger partial charge in [-0.05, 0) is 24.7 Å². The lowest BCUT2D eigenvalue weighted by Crippen LogP contribution is -2.47. The number of carbonyl (C=O) groups is 1. The first-order valence-electron chi connectivity index (χ1n) is 8.42.